The van der Waals surface area contributed by atoms with Crippen LogP contribution in [-0.4, -0.2) is 29.5 Å². The highest BCUT2D eigenvalue weighted by atomic mass is 35.5. The Hall–Kier alpha value is -2.60. The van der Waals surface area contributed by atoms with E-state index in [1.54, 1.807) is 23.2 Å². The summed E-state index contributed by atoms with van der Waals surface area (Å²) in [5.41, 5.74) is 1.68. The average Bonchev–Trinajstić information content (AvgIpc) is 2.96. The zero-order valence-corrected chi connectivity index (χ0v) is 13.7. The first-order valence-corrected chi connectivity index (χ1v) is 8.02. The van der Waals surface area contributed by atoms with E-state index in [-0.39, 0.29) is 11.9 Å². The molecule has 124 valence electrons. The summed E-state index contributed by atoms with van der Waals surface area (Å²) in [5.74, 6) is -0.0930. The molecule has 1 aromatic carbocycles. The Morgan fingerprint density at radius 2 is 2.04 bits per heavy atom. The van der Waals surface area contributed by atoms with Gasteiger partial charge in [-0.25, -0.2) is 9.78 Å². The number of nitrogens with zero attached hydrogens (tertiary/aromatic N) is 2. The number of urea groups is 1. The Morgan fingerprint density at radius 1 is 1.25 bits per heavy atom. The van der Waals surface area contributed by atoms with E-state index in [4.69, 9.17) is 11.6 Å². The van der Waals surface area contributed by atoms with Crippen LogP contribution in [0.2, 0.25) is 5.15 Å². The van der Waals surface area contributed by atoms with E-state index >= 15 is 0 Å². The van der Waals surface area contributed by atoms with Gasteiger partial charge in [0.1, 0.15) is 11.2 Å². The first kappa shape index (κ1) is 16.3. The minimum Gasteiger partial charge on any atom is -0.334 e. The van der Waals surface area contributed by atoms with Gasteiger partial charge in [-0.1, -0.05) is 35.9 Å². The molecule has 1 aliphatic rings. The molecule has 24 heavy (non-hydrogen) atoms. The van der Waals surface area contributed by atoms with E-state index in [0.29, 0.717) is 24.7 Å². The van der Waals surface area contributed by atoms with Crippen LogP contribution < -0.4 is 15.5 Å². The third-order valence-electron chi connectivity index (χ3n) is 3.82. The van der Waals surface area contributed by atoms with Crippen LogP contribution in [0, 0.1) is 0 Å². The van der Waals surface area contributed by atoms with Crippen LogP contribution in [-0.2, 0) is 11.3 Å². The predicted octanol–water partition coefficient (Wildman–Crippen LogP) is 2.34. The number of para-hydroxylation sites is 1. The molecule has 1 atom stereocenters. The zero-order chi connectivity index (χ0) is 16.9. The van der Waals surface area contributed by atoms with Crippen LogP contribution in [0.4, 0.5) is 10.5 Å². The fourth-order valence-electron chi connectivity index (χ4n) is 2.58. The van der Waals surface area contributed by atoms with Gasteiger partial charge in [0.25, 0.3) is 0 Å². The number of hydrogen-bond acceptors (Lipinski definition) is 3. The smallest absolute Gasteiger partial charge is 0.315 e. The molecular formula is C17H17ClN4O2. The molecule has 0 aliphatic carbocycles. The summed E-state index contributed by atoms with van der Waals surface area (Å²) in [5, 5.41) is 5.84. The van der Waals surface area contributed by atoms with Gasteiger partial charge >= 0.3 is 6.03 Å². The molecular weight excluding hydrogens is 328 g/mol. The van der Waals surface area contributed by atoms with Crippen LogP contribution in [0.1, 0.15) is 12.0 Å². The van der Waals surface area contributed by atoms with Crippen LogP contribution >= 0.6 is 11.6 Å². The molecule has 6 nitrogen and oxygen atoms in total. The molecule has 3 amide bonds. The molecule has 3 rings (SSSR count). The SMILES string of the molecule is O=C(NCc1ccc(Cl)nc1)NC1CCN(c2ccccc2)C1=O. The Morgan fingerprint density at radius 3 is 2.75 bits per heavy atom. The third kappa shape index (κ3) is 3.83. The molecule has 0 bridgehead atoms. The molecule has 2 N–H and O–H groups in total. The molecule has 2 heterocycles. The minimum absolute atomic E-state index is 0.0930. The third-order valence-corrected chi connectivity index (χ3v) is 4.04. The molecule has 7 heteroatoms. The summed E-state index contributed by atoms with van der Waals surface area (Å²) in [6.45, 7) is 0.911. The monoisotopic (exact) mass is 344 g/mol. The van der Waals surface area contributed by atoms with E-state index in [0.717, 1.165) is 11.3 Å². The lowest BCUT2D eigenvalue weighted by Gasteiger charge is -2.17. The molecule has 0 spiro atoms. The van der Waals surface area contributed by atoms with E-state index in [2.05, 4.69) is 15.6 Å². The Kier molecular flexibility index (Phi) is 4.96. The van der Waals surface area contributed by atoms with E-state index < -0.39 is 6.04 Å². The normalized spacial score (nSPS) is 17.0. The highest BCUT2D eigenvalue weighted by Gasteiger charge is 2.33. The van der Waals surface area contributed by atoms with Gasteiger partial charge in [0.05, 0.1) is 0 Å². The molecule has 1 fully saturated rings. The van der Waals surface area contributed by atoms with Gasteiger partial charge in [-0.05, 0) is 30.2 Å². The van der Waals surface area contributed by atoms with Crippen molar-refractivity contribution in [3.63, 3.8) is 0 Å². The summed E-state index contributed by atoms with van der Waals surface area (Å²) in [4.78, 5) is 30.0. The van der Waals surface area contributed by atoms with Crippen LogP contribution in [0.25, 0.3) is 0 Å². The first-order valence-electron chi connectivity index (χ1n) is 7.65. The Labute approximate surface area is 144 Å². The number of benzene rings is 1. The number of carbonyl (C=O) groups is 2. The van der Waals surface area contributed by atoms with Gasteiger partial charge < -0.3 is 15.5 Å². The number of hydrogen-bond donors (Lipinski definition) is 2. The van der Waals surface area contributed by atoms with E-state index in [1.165, 1.54) is 0 Å². The van der Waals surface area contributed by atoms with Crippen molar-refractivity contribution in [3.8, 4) is 0 Å². The molecule has 1 aromatic heterocycles. The van der Waals surface area contributed by atoms with Gasteiger partial charge in [0.15, 0.2) is 0 Å². The minimum atomic E-state index is -0.506. The van der Waals surface area contributed by atoms with Gasteiger partial charge in [0, 0.05) is 25.0 Å². The van der Waals surface area contributed by atoms with Crippen molar-refractivity contribution < 1.29 is 9.59 Å². The van der Waals surface area contributed by atoms with Crippen molar-refractivity contribution >= 4 is 29.2 Å². The maximum absolute atomic E-state index is 12.4. The van der Waals surface area contributed by atoms with Crippen molar-refractivity contribution in [2.24, 2.45) is 0 Å². The van der Waals surface area contributed by atoms with Crippen molar-refractivity contribution in [1.82, 2.24) is 15.6 Å². The highest BCUT2D eigenvalue weighted by Crippen LogP contribution is 2.20. The summed E-state index contributed by atoms with van der Waals surface area (Å²) >= 11 is 5.72. The van der Waals surface area contributed by atoms with Crippen molar-refractivity contribution in [3.05, 3.63) is 59.4 Å². The number of halogens is 1. The fraction of sp³-hybridized carbons (Fsp3) is 0.235. The number of carbonyl (C=O) groups excluding carboxylic acids is 2. The van der Waals surface area contributed by atoms with Crippen LogP contribution in [0.15, 0.2) is 48.7 Å². The second-order valence-electron chi connectivity index (χ2n) is 5.48. The van der Waals surface area contributed by atoms with Gasteiger partial charge in [-0.2, -0.15) is 0 Å². The molecule has 0 radical (unpaired) electrons. The average molecular weight is 345 g/mol. The number of nitrogens with one attached hydrogen (secondary N) is 2. The number of rotatable bonds is 4. The maximum atomic E-state index is 12.4. The molecule has 0 saturated carbocycles. The van der Waals surface area contributed by atoms with Gasteiger partial charge in [0.2, 0.25) is 5.91 Å². The topological polar surface area (TPSA) is 74.3 Å². The lowest BCUT2D eigenvalue weighted by molar-refractivity contribution is -0.118. The largest absolute Gasteiger partial charge is 0.334 e. The number of amides is 3. The number of anilines is 1. The molecule has 1 saturated heterocycles. The Bertz CT molecular complexity index is 721. The lowest BCUT2D eigenvalue weighted by atomic mass is 10.2. The van der Waals surface area contributed by atoms with Crippen LogP contribution in [0.3, 0.4) is 0 Å². The number of pyridine rings is 1. The van der Waals surface area contributed by atoms with Crippen LogP contribution in [0.5, 0.6) is 0 Å². The maximum Gasteiger partial charge on any atom is 0.315 e. The molecule has 2 aromatic rings. The van der Waals surface area contributed by atoms with Crippen molar-refractivity contribution in [2.45, 2.75) is 19.0 Å². The fourth-order valence-corrected chi connectivity index (χ4v) is 2.69. The summed E-state index contributed by atoms with van der Waals surface area (Å²) in [6, 6.07) is 12.0. The quantitative estimate of drug-likeness (QED) is 0.836. The lowest BCUT2D eigenvalue weighted by Crippen LogP contribution is -2.45. The van der Waals surface area contributed by atoms with E-state index in [1.807, 2.05) is 30.3 Å². The van der Waals surface area contributed by atoms with Crippen molar-refractivity contribution in [1.29, 1.82) is 0 Å². The zero-order valence-electron chi connectivity index (χ0n) is 12.9. The predicted molar refractivity (Wildman–Crippen MR) is 91.8 cm³/mol. The Balaban J connectivity index is 1.52. The standard InChI is InChI=1S/C17H17ClN4O2/c18-15-7-6-12(10-19-15)11-20-17(24)21-14-8-9-22(16(14)23)13-4-2-1-3-5-13/h1-7,10,14H,8-9,11H2,(H2,20,21,24). The summed E-state index contributed by atoms with van der Waals surface area (Å²) in [6.07, 6.45) is 2.18. The van der Waals surface area contributed by atoms with Gasteiger partial charge in [-0.3, -0.25) is 4.79 Å². The highest BCUT2D eigenvalue weighted by molar-refractivity contribution is 6.29. The molecule has 1 unspecified atom stereocenters. The second-order valence-corrected chi connectivity index (χ2v) is 5.87. The number of aromatic nitrogens is 1. The first-order chi connectivity index (χ1) is 11.6. The summed E-state index contributed by atoms with van der Waals surface area (Å²) in [7, 11) is 0. The molecule has 1 aliphatic heterocycles. The summed E-state index contributed by atoms with van der Waals surface area (Å²) < 4.78 is 0. The van der Waals surface area contributed by atoms with Gasteiger partial charge in [-0.15, -0.1) is 0 Å². The van der Waals surface area contributed by atoms with E-state index in [9.17, 15) is 9.59 Å². The second kappa shape index (κ2) is 7.31. The van der Waals surface area contributed by atoms with Crippen molar-refractivity contribution in [2.75, 3.05) is 11.4 Å².